The predicted octanol–water partition coefficient (Wildman–Crippen LogP) is 8.60. The van der Waals surface area contributed by atoms with E-state index in [1.807, 2.05) is 37.5 Å². The van der Waals surface area contributed by atoms with Crippen LogP contribution in [0.5, 0.6) is 0 Å². The van der Waals surface area contributed by atoms with E-state index in [-0.39, 0.29) is 17.2 Å². The van der Waals surface area contributed by atoms with Crippen LogP contribution < -0.4 is 0 Å². The number of aromatic nitrogens is 1. The molecular weight excluding hydrogens is 514 g/mol. The monoisotopic (exact) mass is 567 g/mol. The van der Waals surface area contributed by atoms with Crippen LogP contribution in [-0.4, -0.2) is 41.4 Å². The molecule has 5 nitrogen and oxygen atoms in total. The van der Waals surface area contributed by atoms with Gasteiger partial charge in [0.05, 0.1) is 17.2 Å². The summed E-state index contributed by atoms with van der Waals surface area (Å²) in [5.74, 6) is 0.356. The van der Waals surface area contributed by atoms with Crippen LogP contribution >= 0.6 is 0 Å². The van der Waals surface area contributed by atoms with Crippen molar-refractivity contribution < 1.29 is 19.1 Å². The van der Waals surface area contributed by atoms with Gasteiger partial charge in [0.1, 0.15) is 5.60 Å². The topological polar surface area (TPSA) is 60.7 Å². The Morgan fingerprint density at radius 2 is 1.62 bits per heavy atom. The molecule has 5 rings (SSSR count). The predicted molar refractivity (Wildman–Crippen MR) is 165 cm³/mol. The highest BCUT2D eigenvalue weighted by atomic mass is 28.4. The lowest BCUT2D eigenvalue weighted by atomic mass is 9.38. The van der Waals surface area contributed by atoms with Crippen LogP contribution in [0.25, 0.3) is 10.9 Å². The molecule has 5 atom stereocenters. The van der Waals surface area contributed by atoms with Crippen molar-refractivity contribution in [2.24, 2.45) is 16.7 Å². The summed E-state index contributed by atoms with van der Waals surface area (Å²) in [6.45, 7) is 26.4. The zero-order valence-electron chi connectivity index (χ0n) is 27.1. The molecule has 0 spiro atoms. The Bertz CT molecular complexity index is 1340. The quantitative estimate of drug-likeness (QED) is 0.369. The van der Waals surface area contributed by atoms with E-state index in [0.717, 1.165) is 48.7 Å². The van der Waals surface area contributed by atoms with Gasteiger partial charge in [0.25, 0.3) is 0 Å². The molecule has 1 aromatic carbocycles. The number of hydrogen-bond acceptors (Lipinski definition) is 4. The van der Waals surface area contributed by atoms with E-state index >= 15 is 0 Å². The molecule has 40 heavy (non-hydrogen) atoms. The Hall–Kier alpha value is -1.63. The standard InChI is InChI=1S/C34H53NO4Si/c1-29(2,3)38-28(36)35-25-16-14-13-15-23(25)24-21-22-17-20-34(37)31(7,8)26(39-40(11,12)30(4,5)6)18-19-32(34,9)33(22,10)27(24)35/h13-16,22,26,37H,17-21H2,1-12H3/t22-,26+,32+,33+,34+/m0/s1. The fourth-order valence-electron chi connectivity index (χ4n) is 8.68. The lowest BCUT2D eigenvalue weighted by molar-refractivity contribution is -0.267. The second-order valence-electron chi connectivity index (χ2n) is 16.6. The minimum atomic E-state index is -2.04. The molecule has 0 radical (unpaired) electrons. The molecule has 6 heteroatoms. The maximum atomic E-state index is 13.9. The maximum absolute atomic E-state index is 13.9. The number of fused-ring (bicyclic) bond motifs is 7. The lowest BCUT2D eigenvalue weighted by Crippen LogP contribution is -2.73. The zero-order chi connectivity index (χ0) is 29.9. The van der Waals surface area contributed by atoms with E-state index in [1.165, 1.54) is 5.56 Å². The number of carbonyl (C=O) groups is 1. The van der Waals surface area contributed by atoms with Gasteiger partial charge >= 0.3 is 6.09 Å². The second kappa shape index (κ2) is 8.70. The summed E-state index contributed by atoms with van der Waals surface area (Å²) in [5, 5.41) is 14.3. The van der Waals surface area contributed by atoms with Crippen molar-refractivity contribution in [2.45, 2.75) is 142 Å². The highest BCUT2D eigenvalue weighted by molar-refractivity contribution is 6.74. The van der Waals surface area contributed by atoms with Crippen LogP contribution in [0.4, 0.5) is 4.79 Å². The van der Waals surface area contributed by atoms with E-state index < -0.39 is 35.8 Å². The normalized spacial score (nSPS) is 33.8. The number of benzene rings is 1. The van der Waals surface area contributed by atoms with Crippen LogP contribution in [0.1, 0.15) is 106 Å². The number of carbonyl (C=O) groups excluding carboxylic acids is 1. The highest BCUT2D eigenvalue weighted by Gasteiger charge is 2.73. The van der Waals surface area contributed by atoms with Crippen LogP contribution in [0.15, 0.2) is 24.3 Å². The smallest absolute Gasteiger partial charge is 0.419 e. The molecule has 0 unspecified atom stereocenters. The average Bonchev–Trinajstić information content (AvgIpc) is 3.29. The Labute approximate surface area is 243 Å². The van der Waals surface area contributed by atoms with Crippen molar-refractivity contribution in [3.8, 4) is 0 Å². The number of ether oxygens (including phenoxy) is 1. The van der Waals surface area contributed by atoms with Crippen LogP contribution in [0.3, 0.4) is 0 Å². The third-order valence-electron chi connectivity index (χ3n) is 12.2. The molecule has 2 aromatic rings. The zero-order valence-corrected chi connectivity index (χ0v) is 28.1. The highest BCUT2D eigenvalue weighted by Crippen LogP contribution is 2.72. The van der Waals surface area contributed by atoms with Gasteiger partial charge in [-0.2, -0.15) is 0 Å². The third-order valence-corrected chi connectivity index (χ3v) is 16.7. The van der Waals surface area contributed by atoms with Gasteiger partial charge < -0.3 is 14.3 Å². The molecule has 2 fully saturated rings. The first-order chi connectivity index (χ1) is 18.1. The van der Waals surface area contributed by atoms with Gasteiger partial charge in [-0.1, -0.05) is 66.7 Å². The number of hydrogen-bond donors (Lipinski definition) is 1. The summed E-state index contributed by atoms with van der Waals surface area (Å²) in [4.78, 5) is 13.9. The largest absolute Gasteiger partial charge is 0.443 e. The van der Waals surface area contributed by atoms with Crippen molar-refractivity contribution in [1.29, 1.82) is 0 Å². The van der Waals surface area contributed by atoms with E-state index in [4.69, 9.17) is 9.16 Å². The Morgan fingerprint density at radius 1 is 1.00 bits per heavy atom. The van der Waals surface area contributed by atoms with Crippen molar-refractivity contribution in [2.75, 3.05) is 0 Å². The first kappa shape index (κ1) is 29.8. The van der Waals surface area contributed by atoms with Gasteiger partial charge in [-0.05, 0) is 88.6 Å². The molecule has 1 aromatic heterocycles. The minimum absolute atomic E-state index is 0.01000. The summed E-state index contributed by atoms with van der Waals surface area (Å²) < 4.78 is 15.0. The number of aliphatic hydroxyl groups is 1. The third kappa shape index (κ3) is 3.80. The van der Waals surface area contributed by atoms with Crippen LogP contribution in [0, 0.1) is 16.7 Å². The van der Waals surface area contributed by atoms with E-state index in [2.05, 4.69) is 73.7 Å². The lowest BCUT2D eigenvalue weighted by Gasteiger charge is -2.69. The fraction of sp³-hybridized carbons (Fsp3) is 0.735. The molecule has 1 heterocycles. The summed E-state index contributed by atoms with van der Waals surface area (Å²) in [6, 6.07) is 8.26. The van der Waals surface area contributed by atoms with Gasteiger partial charge in [0.15, 0.2) is 8.32 Å². The van der Waals surface area contributed by atoms with Gasteiger partial charge in [-0.15, -0.1) is 0 Å². The van der Waals surface area contributed by atoms with Crippen molar-refractivity contribution in [1.82, 2.24) is 4.57 Å². The molecule has 0 aliphatic heterocycles. The first-order valence-corrected chi connectivity index (χ1v) is 18.3. The SMILES string of the molecule is CC(C)(C)OC(=O)n1c2c(c3ccccc31)C[C@@H]1CC[C@@]3(O)C(C)(C)[C@H](O[Si](C)(C)C(C)(C)C)CC[C@]3(C)[C@@]21C. The molecular formula is C34H53NO4Si. The number of rotatable bonds is 2. The van der Waals surface area contributed by atoms with Gasteiger partial charge in [0, 0.05) is 27.3 Å². The summed E-state index contributed by atoms with van der Waals surface area (Å²) >= 11 is 0. The molecule has 0 saturated heterocycles. The van der Waals surface area contributed by atoms with E-state index in [0.29, 0.717) is 5.92 Å². The minimum Gasteiger partial charge on any atom is -0.443 e. The fourth-order valence-corrected chi connectivity index (χ4v) is 10.2. The van der Waals surface area contributed by atoms with Crippen molar-refractivity contribution >= 4 is 25.3 Å². The average molecular weight is 568 g/mol. The summed E-state index contributed by atoms with van der Waals surface area (Å²) in [7, 11) is -2.04. The molecule has 3 aliphatic rings. The molecule has 3 aliphatic carbocycles. The van der Waals surface area contributed by atoms with E-state index in [1.54, 1.807) is 0 Å². The number of para-hydroxylation sites is 1. The maximum Gasteiger partial charge on any atom is 0.419 e. The van der Waals surface area contributed by atoms with Crippen LogP contribution in [-0.2, 0) is 21.0 Å². The molecule has 222 valence electrons. The molecule has 1 N–H and O–H groups in total. The Morgan fingerprint density at radius 3 is 2.23 bits per heavy atom. The van der Waals surface area contributed by atoms with E-state index in [9.17, 15) is 9.90 Å². The summed E-state index contributed by atoms with van der Waals surface area (Å²) in [6.07, 6.45) is 4.04. The van der Waals surface area contributed by atoms with Gasteiger partial charge in [-0.3, -0.25) is 0 Å². The second-order valence-corrected chi connectivity index (χ2v) is 21.4. The molecule has 0 bridgehead atoms. The van der Waals surface area contributed by atoms with Crippen molar-refractivity contribution in [3.63, 3.8) is 0 Å². The Balaban J connectivity index is 1.67. The van der Waals surface area contributed by atoms with Gasteiger partial charge in [0.2, 0.25) is 0 Å². The molecule has 0 amide bonds. The Kier molecular flexibility index (Phi) is 6.49. The van der Waals surface area contributed by atoms with Gasteiger partial charge in [-0.25, -0.2) is 9.36 Å². The number of nitrogens with zero attached hydrogens (tertiary/aromatic N) is 1. The summed E-state index contributed by atoms with van der Waals surface area (Å²) in [5.41, 5.74) is 0.386. The first-order valence-electron chi connectivity index (χ1n) is 15.4. The van der Waals surface area contributed by atoms with Crippen molar-refractivity contribution in [3.05, 3.63) is 35.5 Å². The molecule has 2 saturated carbocycles. The van der Waals surface area contributed by atoms with Crippen LogP contribution in [0.2, 0.25) is 18.1 Å².